The number of hydrogen-bond donors (Lipinski definition) is 3. The molecule has 7 nitrogen and oxygen atoms in total. The summed E-state index contributed by atoms with van der Waals surface area (Å²) in [7, 11) is 0. The highest BCUT2D eigenvalue weighted by atomic mass is 16.3. The van der Waals surface area contributed by atoms with Crippen molar-refractivity contribution in [2.75, 3.05) is 11.9 Å². The van der Waals surface area contributed by atoms with E-state index in [2.05, 4.69) is 53.7 Å². The Hall–Kier alpha value is -3.61. The van der Waals surface area contributed by atoms with E-state index in [-0.39, 0.29) is 11.4 Å². The minimum atomic E-state index is -0.230. The van der Waals surface area contributed by atoms with Crippen LogP contribution >= 0.6 is 0 Å². The third-order valence-electron chi connectivity index (χ3n) is 4.88. The average molecular weight is 403 g/mol. The number of fused-ring (bicyclic) bond motifs is 1. The molecule has 30 heavy (non-hydrogen) atoms. The van der Waals surface area contributed by atoms with E-state index < -0.39 is 0 Å². The summed E-state index contributed by atoms with van der Waals surface area (Å²) in [4.78, 5) is 16.4. The van der Waals surface area contributed by atoms with Crippen LogP contribution in [0.5, 0.6) is 0 Å². The fraction of sp³-hybridized carbons (Fsp3) is 0.261. The standard InChI is InChI=1S/C23H25N5O2/c1-5-24-22(29)26-16-9-6-14(7-10-16)20-17(13-25-28-20)21-27-18-12-15(23(2,3)4)8-11-19(18)30-21/h6-13H,5H2,1-4H3,(H,25,28)(H2,24,26,29). The van der Waals surface area contributed by atoms with Crippen molar-refractivity contribution in [2.45, 2.75) is 33.1 Å². The molecule has 154 valence electrons. The van der Waals surface area contributed by atoms with Gasteiger partial charge in [-0.15, -0.1) is 0 Å². The fourth-order valence-corrected chi connectivity index (χ4v) is 3.23. The maximum atomic E-state index is 11.7. The number of amides is 2. The van der Waals surface area contributed by atoms with E-state index in [9.17, 15) is 4.79 Å². The van der Waals surface area contributed by atoms with E-state index >= 15 is 0 Å². The Morgan fingerprint density at radius 1 is 1.13 bits per heavy atom. The Morgan fingerprint density at radius 3 is 2.60 bits per heavy atom. The van der Waals surface area contributed by atoms with Gasteiger partial charge in [0, 0.05) is 24.0 Å². The van der Waals surface area contributed by atoms with Crippen LogP contribution in [-0.2, 0) is 5.41 Å². The molecule has 4 aromatic rings. The Balaban J connectivity index is 1.64. The summed E-state index contributed by atoms with van der Waals surface area (Å²) < 4.78 is 6.01. The molecule has 0 saturated heterocycles. The summed E-state index contributed by atoms with van der Waals surface area (Å²) in [5, 5.41) is 12.8. The molecule has 2 heterocycles. The molecule has 0 bridgehead atoms. The third kappa shape index (κ3) is 3.91. The highest BCUT2D eigenvalue weighted by Crippen LogP contribution is 2.33. The highest BCUT2D eigenvalue weighted by molar-refractivity contribution is 5.90. The predicted molar refractivity (Wildman–Crippen MR) is 118 cm³/mol. The molecule has 0 spiro atoms. The molecule has 2 aromatic heterocycles. The van der Waals surface area contributed by atoms with E-state index in [0.717, 1.165) is 27.9 Å². The van der Waals surface area contributed by atoms with E-state index in [0.29, 0.717) is 18.1 Å². The molecule has 7 heteroatoms. The SMILES string of the molecule is CCNC(=O)Nc1ccc(-c2n[nH]cc2-c2nc3cc(C(C)(C)C)ccc3o2)cc1. The second kappa shape index (κ2) is 7.67. The van der Waals surface area contributed by atoms with Crippen LogP contribution in [0.4, 0.5) is 10.5 Å². The number of benzene rings is 2. The van der Waals surface area contributed by atoms with Crippen LogP contribution in [0.1, 0.15) is 33.3 Å². The number of hydrogen-bond acceptors (Lipinski definition) is 4. The van der Waals surface area contributed by atoms with Gasteiger partial charge in [0.05, 0.1) is 5.56 Å². The molecule has 0 atom stereocenters. The van der Waals surface area contributed by atoms with Gasteiger partial charge in [-0.1, -0.05) is 39.0 Å². The molecule has 0 saturated carbocycles. The maximum Gasteiger partial charge on any atom is 0.319 e. The Kier molecular flexibility index (Phi) is 5.03. The molecule has 3 N–H and O–H groups in total. The molecule has 0 aliphatic rings. The van der Waals surface area contributed by atoms with Crippen molar-refractivity contribution >= 4 is 22.8 Å². The first-order valence-electron chi connectivity index (χ1n) is 9.95. The highest BCUT2D eigenvalue weighted by Gasteiger charge is 2.19. The molecule has 2 amide bonds. The number of aromatic nitrogens is 3. The number of carbonyl (C=O) groups excluding carboxylic acids is 1. The summed E-state index contributed by atoms with van der Waals surface area (Å²) in [6.07, 6.45) is 1.78. The summed E-state index contributed by atoms with van der Waals surface area (Å²) in [5.41, 5.74) is 5.94. The van der Waals surface area contributed by atoms with Crippen molar-refractivity contribution < 1.29 is 9.21 Å². The fourth-order valence-electron chi connectivity index (χ4n) is 3.23. The molecular weight excluding hydrogens is 378 g/mol. The first-order chi connectivity index (χ1) is 14.3. The van der Waals surface area contributed by atoms with Crippen molar-refractivity contribution in [1.82, 2.24) is 20.5 Å². The molecule has 0 radical (unpaired) electrons. The Bertz CT molecular complexity index is 1180. The van der Waals surface area contributed by atoms with Crippen molar-refractivity contribution in [3.05, 3.63) is 54.2 Å². The minimum absolute atomic E-state index is 0.0396. The number of aromatic amines is 1. The molecule has 4 rings (SSSR count). The molecule has 0 unspecified atom stereocenters. The number of anilines is 1. The zero-order valence-corrected chi connectivity index (χ0v) is 17.5. The molecule has 0 aliphatic heterocycles. The zero-order valence-electron chi connectivity index (χ0n) is 17.5. The first-order valence-corrected chi connectivity index (χ1v) is 9.95. The monoisotopic (exact) mass is 403 g/mol. The van der Waals surface area contributed by atoms with Crippen LogP contribution in [0.15, 0.2) is 53.1 Å². The summed E-state index contributed by atoms with van der Waals surface area (Å²) in [6, 6.07) is 13.4. The predicted octanol–water partition coefficient (Wildman–Crippen LogP) is 5.32. The van der Waals surface area contributed by atoms with Gasteiger partial charge in [-0.25, -0.2) is 9.78 Å². The van der Waals surface area contributed by atoms with Crippen molar-refractivity contribution in [2.24, 2.45) is 0 Å². The smallest absolute Gasteiger partial charge is 0.319 e. The average Bonchev–Trinajstić information content (AvgIpc) is 3.34. The largest absolute Gasteiger partial charge is 0.436 e. The lowest BCUT2D eigenvalue weighted by Crippen LogP contribution is -2.28. The summed E-state index contributed by atoms with van der Waals surface area (Å²) in [6.45, 7) is 8.97. The maximum absolute atomic E-state index is 11.7. The van der Waals surface area contributed by atoms with Gasteiger partial charge in [0.25, 0.3) is 0 Å². The van der Waals surface area contributed by atoms with Gasteiger partial charge in [-0.3, -0.25) is 5.10 Å². The van der Waals surface area contributed by atoms with E-state index in [1.54, 1.807) is 6.20 Å². The van der Waals surface area contributed by atoms with Crippen LogP contribution in [0.3, 0.4) is 0 Å². The number of nitrogens with zero attached hydrogens (tertiary/aromatic N) is 2. The molecule has 0 aliphatic carbocycles. The van der Waals surface area contributed by atoms with Gasteiger partial charge < -0.3 is 15.1 Å². The topological polar surface area (TPSA) is 95.8 Å². The summed E-state index contributed by atoms with van der Waals surface area (Å²) in [5.74, 6) is 0.518. The van der Waals surface area contributed by atoms with Crippen molar-refractivity contribution in [3.63, 3.8) is 0 Å². The van der Waals surface area contributed by atoms with Gasteiger partial charge in [-0.2, -0.15) is 5.10 Å². The van der Waals surface area contributed by atoms with Crippen molar-refractivity contribution in [1.29, 1.82) is 0 Å². The number of H-pyrrole nitrogens is 1. The minimum Gasteiger partial charge on any atom is -0.436 e. The van der Waals surface area contributed by atoms with Gasteiger partial charge in [-0.05, 0) is 42.2 Å². The Morgan fingerprint density at radius 2 is 1.90 bits per heavy atom. The normalized spacial score (nSPS) is 11.6. The van der Waals surface area contributed by atoms with Crippen LogP contribution < -0.4 is 10.6 Å². The van der Waals surface area contributed by atoms with E-state index in [1.807, 2.05) is 37.3 Å². The van der Waals surface area contributed by atoms with Gasteiger partial charge in [0.1, 0.15) is 11.2 Å². The number of urea groups is 1. The Labute approximate surface area is 174 Å². The number of nitrogens with one attached hydrogen (secondary N) is 3. The van der Waals surface area contributed by atoms with Gasteiger partial charge in [0.2, 0.25) is 5.89 Å². The number of rotatable bonds is 4. The quantitative estimate of drug-likeness (QED) is 0.429. The lowest BCUT2D eigenvalue weighted by Gasteiger charge is -2.18. The zero-order chi connectivity index (χ0) is 21.3. The van der Waals surface area contributed by atoms with Gasteiger partial charge in [0.15, 0.2) is 5.58 Å². The van der Waals surface area contributed by atoms with Crippen LogP contribution in [0, 0.1) is 0 Å². The molecular formula is C23H25N5O2. The summed E-state index contributed by atoms with van der Waals surface area (Å²) >= 11 is 0. The molecule has 2 aromatic carbocycles. The van der Waals surface area contributed by atoms with E-state index in [4.69, 9.17) is 9.40 Å². The number of carbonyl (C=O) groups is 1. The van der Waals surface area contributed by atoms with Crippen LogP contribution in [-0.4, -0.2) is 27.8 Å². The van der Waals surface area contributed by atoms with E-state index in [1.165, 1.54) is 5.56 Å². The second-order valence-corrected chi connectivity index (χ2v) is 8.16. The second-order valence-electron chi connectivity index (χ2n) is 8.16. The third-order valence-corrected chi connectivity index (χ3v) is 4.88. The van der Waals surface area contributed by atoms with Crippen LogP contribution in [0.25, 0.3) is 33.8 Å². The lowest BCUT2D eigenvalue weighted by molar-refractivity contribution is 0.252. The van der Waals surface area contributed by atoms with Crippen molar-refractivity contribution in [3.8, 4) is 22.7 Å². The first kappa shape index (κ1) is 19.7. The molecule has 0 fully saturated rings. The number of oxazole rings is 1. The van der Waals surface area contributed by atoms with Crippen LogP contribution in [0.2, 0.25) is 0 Å². The van der Waals surface area contributed by atoms with Gasteiger partial charge >= 0.3 is 6.03 Å². The lowest BCUT2D eigenvalue weighted by atomic mass is 9.87.